The van der Waals surface area contributed by atoms with Gasteiger partial charge in [-0.1, -0.05) is 18.2 Å². The minimum Gasteiger partial charge on any atom is -0.444 e. The molecule has 1 heterocycles. The lowest BCUT2D eigenvalue weighted by atomic mass is 10.1. The number of carbonyl (C=O) groups excluding carboxylic acids is 1. The van der Waals surface area contributed by atoms with Crippen molar-refractivity contribution in [1.29, 1.82) is 0 Å². The summed E-state index contributed by atoms with van der Waals surface area (Å²) in [4.78, 5) is 15.4. The maximum absolute atomic E-state index is 13.1. The van der Waals surface area contributed by atoms with E-state index in [9.17, 15) is 14.3 Å². The second-order valence-electron chi connectivity index (χ2n) is 6.77. The molecular formula is C19H23FN2O4. The summed E-state index contributed by atoms with van der Waals surface area (Å²) in [6.45, 7) is 5.09. The van der Waals surface area contributed by atoms with Crippen molar-refractivity contribution in [2.75, 3.05) is 6.61 Å². The topological polar surface area (TPSA) is 80.7 Å². The average Bonchev–Trinajstić information content (AvgIpc) is 2.54. The third kappa shape index (κ3) is 6.68. The van der Waals surface area contributed by atoms with Crippen LogP contribution in [0, 0.1) is 5.95 Å². The zero-order chi connectivity index (χ0) is 19.2. The molecule has 2 N–H and O–H groups in total. The Morgan fingerprint density at radius 1 is 1.23 bits per heavy atom. The fraction of sp³-hybridized carbons (Fsp3) is 0.368. The summed E-state index contributed by atoms with van der Waals surface area (Å²) in [5.74, 6) is 0.0585. The molecule has 0 aliphatic carbocycles. The number of rotatable bonds is 6. The number of aliphatic hydroxyl groups excluding tert-OH is 1. The summed E-state index contributed by atoms with van der Waals surface area (Å²) in [5.41, 5.74) is 0.285. The van der Waals surface area contributed by atoms with Gasteiger partial charge in [0.15, 0.2) is 0 Å². The molecule has 7 heteroatoms. The first kappa shape index (κ1) is 19.7. The van der Waals surface area contributed by atoms with Crippen molar-refractivity contribution in [3.05, 3.63) is 54.0 Å². The van der Waals surface area contributed by atoms with Gasteiger partial charge in [-0.3, -0.25) is 0 Å². The molecule has 140 valence electrons. The van der Waals surface area contributed by atoms with Gasteiger partial charge >= 0.3 is 6.09 Å². The molecule has 0 fully saturated rings. The maximum atomic E-state index is 13.1. The molecule has 2 rings (SSSR count). The van der Waals surface area contributed by atoms with Gasteiger partial charge in [0.1, 0.15) is 11.4 Å². The molecular weight excluding hydrogens is 339 g/mol. The zero-order valence-corrected chi connectivity index (χ0v) is 15.0. The molecule has 0 spiro atoms. The molecule has 6 nitrogen and oxygen atoms in total. The summed E-state index contributed by atoms with van der Waals surface area (Å²) < 4.78 is 23.7. The molecule has 26 heavy (non-hydrogen) atoms. The summed E-state index contributed by atoms with van der Waals surface area (Å²) in [6, 6.07) is 10.9. The van der Waals surface area contributed by atoms with E-state index in [2.05, 4.69) is 10.3 Å². The molecule has 0 radical (unpaired) electrons. The van der Waals surface area contributed by atoms with Gasteiger partial charge in [-0.15, -0.1) is 0 Å². The van der Waals surface area contributed by atoms with E-state index in [0.717, 1.165) is 5.56 Å². The second-order valence-corrected chi connectivity index (χ2v) is 6.77. The van der Waals surface area contributed by atoms with Gasteiger partial charge < -0.3 is 19.9 Å². The fourth-order valence-electron chi connectivity index (χ4n) is 2.18. The number of benzene rings is 1. The number of aromatic nitrogens is 1. The number of alkyl carbamates (subject to hydrolysis) is 1. The average molecular weight is 362 g/mol. The monoisotopic (exact) mass is 362 g/mol. The van der Waals surface area contributed by atoms with Crippen LogP contribution >= 0.6 is 0 Å². The predicted octanol–water partition coefficient (Wildman–Crippen LogP) is 3.44. The fourth-order valence-corrected chi connectivity index (χ4v) is 2.18. The number of pyridine rings is 1. The first-order valence-corrected chi connectivity index (χ1v) is 8.25. The summed E-state index contributed by atoms with van der Waals surface area (Å²) in [7, 11) is 0. The quantitative estimate of drug-likeness (QED) is 0.770. The Kier molecular flexibility index (Phi) is 6.52. The van der Waals surface area contributed by atoms with Gasteiger partial charge in [0.25, 0.3) is 0 Å². The molecule has 1 aromatic carbocycles. The normalized spacial score (nSPS) is 12.3. The van der Waals surface area contributed by atoms with Crippen LogP contribution in [0.1, 0.15) is 26.3 Å². The minimum absolute atomic E-state index is 0.164. The number of carbonyl (C=O) groups is 1. The molecule has 0 aliphatic heterocycles. The van der Waals surface area contributed by atoms with Crippen molar-refractivity contribution in [1.82, 2.24) is 10.3 Å². The van der Waals surface area contributed by atoms with E-state index >= 15 is 0 Å². The molecule has 1 amide bonds. The van der Waals surface area contributed by atoms with Crippen LogP contribution in [-0.2, 0) is 11.2 Å². The first-order valence-electron chi connectivity index (χ1n) is 8.25. The van der Waals surface area contributed by atoms with Crippen LogP contribution in [0.3, 0.4) is 0 Å². The van der Waals surface area contributed by atoms with Gasteiger partial charge in [0, 0.05) is 6.07 Å². The molecule has 0 saturated heterocycles. The van der Waals surface area contributed by atoms with E-state index in [1.807, 2.05) is 0 Å². The number of nitrogens with one attached hydrogen (secondary N) is 1. The second kappa shape index (κ2) is 8.62. The number of aliphatic hydroxyl groups is 1. The standard InChI is InChI=1S/C19H23FN2O4/c1-19(2,3)26-18(24)21-14(12-23)11-13-7-9-15(10-8-13)25-17-6-4-5-16(20)22-17/h4-10,14,23H,11-12H2,1-3H3,(H,21,24). The molecule has 0 aliphatic rings. The van der Waals surface area contributed by atoms with Gasteiger partial charge in [-0.25, -0.2) is 4.79 Å². The molecule has 1 atom stereocenters. The molecule has 1 unspecified atom stereocenters. The SMILES string of the molecule is CC(C)(C)OC(=O)NC(CO)Cc1ccc(Oc2cccc(F)n2)cc1. The zero-order valence-electron chi connectivity index (χ0n) is 15.0. The van der Waals surface area contributed by atoms with Crippen molar-refractivity contribution >= 4 is 6.09 Å². The largest absolute Gasteiger partial charge is 0.444 e. The van der Waals surface area contributed by atoms with E-state index in [1.54, 1.807) is 51.1 Å². The third-order valence-electron chi connectivity index (χ3n) is 3.26. The van der Waals surface area contributed by atoms with E-state index in [4.69, 9.17) is 9.47 Å². The smallest absolute Gasteiger partial charge is 0.407 e. The highest BCUT2D eigenvalue weighted by Crippen LogP contribution is 2.20. The van der Waals surface area contributed by atoms with Gasteiger partial charge in [0.05, 0.1) is 12.6 Å². The van der Waals surface area contributed by atoms with Crippen molar-refractivity contribution in [3.8, 4) is 11.6 Å². The summed E-state index contributed by atoms with van der Waals surface area (Å²) >= 11 is 0. The van der Waals surface area contributed by atoms with Crippen LogP contribution in [0.15, 0.2) is 42.5 Å². The number of halogens is 1. The Bertz CT molecular complexity index is 729. The van der Waals surface area contributed by atoms with E-state index in [1.165, 1.54) is 12.1 Å². The van der Waals surface area contributed by atoms with Crippen molar-refractivity contribution in [2.24, 2.45) is 0 Å². The lowest BCUT2D eigenvalue weighted by Crippen LogP contribution is -2.42. The van der Waals surface area contributed by atoms with Crippen LogP contribution in [-0.4, -0.2) is 34.4 Å². The van der Waals surface area contributed by atoms with Crippen LogP contribution in [0.4, 0.5) is 9.18 Å². The Morgan fingerprint density at radius 3 is 2.50 bits per heavy atom. The van der Waals surface area contributed by atoms with E-state index in [-0.39, 0.29) is 12.5 Å². The maximum Gasteiger partial charge on any atom is 0.407 e. The van der Waals surface area contributed by atoms with Gasteiger partial charge in [0.2, 0.25) is 11.8 Å². The van der Waals surface area contributed by atoms with Crippen LogP contribution in [0.5, 0.6) is 11.6 Å². The highest BCUT2D eigenvalue weighted by atomic mass is 19.1. The summed E-state index contributed by atoms with van der Waals surface area (Å²) in [5, 5.41) is 12.1. The first-order chi connectivity index (χ1) is 12.2. The third-order valence-corrected chi connectivity index (χ3v) is 3.26. The number of nitrogens with zero attached hydrogens (tertiary/aromatic N) is 1. The Morgan fingerprint density at radius 2 is 1.92 bits per heavy atom. The summed E-state index contributed by atoms with van der Waals surface area (Å²) in [6.07, 6.45) is -0.150. The lowest BCUT2D eigenvalue weighted by molar-refractivity contribution is 0.0483. The number of ether oxygens (including phenoxy) is 2. The van der Waals surface area contributed by atoms with Gasteiger partial charge in [-0.05, 0) is 51.0 Å². The highest BCUT2D eigenvalue weighted by molar-refractivity contribution is 5.68. The molecule has 2 aromatic rings. The number of hydrogen-bond donors (Lipinski definition) is 2. The molecule has 0 bridgehead atoms. The van der Waals surface area contributed by atoms with E-state index in [0.29, 0.717) is 12.2 Å². The van der Waals surface area contributed by atoms with Crippen LogP contribution in [0.25, 0.3) is 0 Å². The van der Waals surface area contributed by atoms with Crippen molar-refractivity contribution in [2.45, 2.75) is 38.8 Å². The van der Waals surface area contributed by atoms with Crippen LogP contribution in [0.2, 0.25) is 0 Å². The van der Waals surface area contributed by atoms with Gasteiger partial charge in [-0.2, -0.15) is 9.37 Å². The Balaban J connectivity index is 1.93. The molecule has 1 aromatic heterocycles. The Hall–Kier alpha value is -2.67. The lowest BCUT2D eigenvalue weighted by Gasteiger charge is -2.22. The highest BCUT2D eigenvalue weighted by Gasteiger charge is 2.19. The van der Waals surface area contributed by atoms with Crippen molar-refractivity contribution < 1.29 is 23.8 Å². The Labute approximate surface area is 152 Å². The van der Waals surface area contributed by atoms with E-state index < -0.39 is 23.7 Å². The van der Waals surface area contributed by atoms with Crippen LogP contribution < -0.4 is 10.1 Å². The van der Waals surface area contributed by atoms with Crippen molar-refractivity contribution in [3.63, 3.8) is 0 Å². The predicted molar refractivity (Wildman–Crippen MR) is 94.7 cm³/mol. The molecule has 0 saturated carbocycles. The minimum atomic E-state index is -0.613. The number of amides is 1. The number of hydrogen-bond acceptors (Lipinski definition) is 5.